The summed E-state index contributed by atoms with van der Waals surface area (Å²) in [5, 5.41) is 20.8. The van der Waals surface area contributed by atoms with Gasteiger partial charge in [-0.1, -0.05) is 12.1 Å². The topological polar surface area (TPSA) is 132 Å². The highest BCUT2D eigenvalue weighted by atomic mass is 16.1. The lowest BCUT2D eigenvalue weighted by atomic mass is 10.1. The van der Waals surface area contributed by atoms with Crippen molar-refractivity contribution in [2.75, 3.05) is 43.4 Å². The van der Waals surface area contributed by atoms with Crippen molar-refractivity contribution < 1.29 is 4.79 Å². The lowest BCUT2D eigenvalue weighted by Gasteiger charge is -2.32. The molecule has 0 aliphatic carbocycles. The summed E-state index contributed by atoms with van der Waals surface area (Å²) in [6.07, 6.45) is 5.44. The van der Waals surface area contributed by atoms with E-state index in [1.165, 1.54) is 0 Å². The minimum Gasteiger partial charge on any atom is -0.353 e. The van der Waals surface area contributed by atoms with Crippen LogP contribution in [0.4, 0.5) is 17.3 Å². The zero-order valence-electron chi connectivity index (χ0n) is 22.5. The predicted octanol–water partition coefficient (Wildman–Crippen LogP) is 4.21. The van der Waals surface area contributed by atoms with Crippen LogP contribution in [0.2, 0.25) is 0 Å². The lowest BCUT2D eigenvalue weighted by Crippen LogP contribution is -2.44. The molecule has 5 heterocycles. The number of piperazine rings is 1. The van der Waals surface area contributed by atoms with Gasteiger partial charge in [0.25, 0.3) is 0 Å². The number of ketones is 1. The fourth-order valence-corrected chi connectivity index (χ4v) is 5.11. The summed E-state index contributed by atoms with van der Waals surface area (Å²) in [5.74, 6) is 2.09. The third-order valence-corrected chi connectivity index (χ3v) is 7.44. The maximum atomic E-state index is 13.2. The van der Waals surface area contributed by atoms with Crippen LogP contribution in [0.3, 0.4) is 0 Å². The van der Waals surface area contributed by atoms with Gasteiger partial charge in [0.15, 0.2) is 17.4 Å². The summed E-state index contributed by atoms with van der Waals surface area (Å²) in [6.45, 7) is 3.76. The summed E-state index contributed by atoms with van der Waals surface area (Å²) in [5.41, 5.74) is 4.99. The van der Waals surface area contributed by atoms with Crippen LogP contribution in [-0.4, -0.2) is 79.3 Å². The Morgan fingerprint density at radius 3 is 2.76 bits per heavy atom. The average Bonchev–Trinajstić information content (AvgIpc) is 3.64. The first-order chi connectivity index (χ1) is 20.1. The number of carbonyl (C=O) groups is 1. The lowest BCUT2D eigenvalue weighted by molar-refractivity contribution is 0.0989. The fourth-order valence-electron chi connectivity index (χ4n) is 5.11. The molecule has 1 aliphatic rings. The van der Waals surface area contributed by atoms with Gasteiger partial charge >= 0.3 is 0 Å². The van der Waals surface area contributed by atoms with E-state index in [4.69, 9.17) is 4.98 Å². The molecule has 3 N–H and O–H groups in total. The molecule has 11 nitrogen and oxygen atoms in total. The second kappa shape index (κ2) is 10.4. The molecule has 7 rings (SSSR count). The van der Waals surface area contributed by atoms with Gasteiger partial charge in [-0.2, -0.15) is 10.2 Å². The number of rotatable bonds is 7. The van der Waals surface area contributed by atoms with Crippen molar-refractivity contribution in [3.8, 4) is 11.4 Å². The number of H-pyrrole nitrogens is 2. The molecule has 1 saturated heterocycles. The number of nitrogens with one attached hydrogen (secondary N) is 3. The van der Waals surface area contributed by atoms with E-state index in [1.807, 2.05) is 54.6 Å². The van der Waals surface area contributed by atoms with Crippen molar-refractivity contribution in [1.29, 1.82) is 0 Å². The number of benzene rings is 2. The molecular formula is C30H28N10O. The van der Waals surface area contributed by atoms with Crippen molar-refractivity contribution in [1.82, 2.24) is 40.2 Å². The van der Waals surface area contributed by atoms with E-state index in [2.05, 4.69) is 52.5 Å². The Morgan fingerprint density at radius 1 is 0.951 bits per heavy atom. The molecule has 204 valence electrons. The third kappa shape index (κ3) is 5.22. The standard InChI is InChI=1S/C30H28N10O/c1-39-8-10-40(11-9-39)29-13-19(17-32-38-29)12-27(41)26-15-20-2-3-21(16-25(20)35-26)30-31-7-6-28(36-30)34-23-4-5-24-22(14-23)18-33-37-24/h2-7,13-18,35H,8-12H2,1H3,(H,33,37)(H,31,34,36). The molecule has 6 aromatic rings. The number of carbonyl (C=O) groups excluding carboxylic acids is 1. The Hall–Kier alpha value is -5.16. The van der Waals surface area contributed by atoms with Crippen LogP contribution in [0.5, 0.6) is 0 Å². The molecule has 41 heavy (non-hydrogen) atoms. The molecule has 0 bridgehead atoms. The number of aromatic amines is 2. The van der Waals surface area contributed by atoms with E-state index in [0.29, 0.717) is 17.3 Å². The van der Waals surface area contributed by atoms with Gasteiger partial charge in [0.05, 0.1) is 23.6 Å². The van der Waals surface area contributed by atoms with Crippen molar-refractivity contribution in [3.63, 3.8) is 0 Å². The van der Waals surface area contributed by atoms with Crippen molar-refractivity contribution in [2.24, 2.45) is 0 Å². The zero-order chi connectivity index (χ0) is 27.8. The van der Waals surface area contributed by atoms with Gasteiger partial charge in [-0.05, 0) is 55.1 Å². The second-order valence-electron chi connectivity index (χ2n) is 10.4. The first kappa shape index (κ1) is 24.9. The van der Waals surface area contributed by atoms with Crippen LogP contribution in [0.15, 0.2) is 73.2 Å². The molecule has 0 unspecified atom stereocenters. The maximum absolute atomic E-state index is 13.2. The SMILES string of the molecule is CN1CCN(c2cc(CC(=O)c3cc4ccc(-c5nccc(Nc6ccc7[nH]ncc7c6)n5)cc4[nH]3)cnn2)CC1. The second-order valence-corrected chi connectivity index (χ2v) is 10.4. The Bertz CT molecular complexity index is 1870. The summed E-state index contributed by atoms with van der Waals surface area (Å²) in [7, 11) is 2.12. The van der Waals surface area contributed by atoms with Crippen LogP contribution in [-0.2, 0) is 6.42 Å². The molecule has 0 radical (unpaired) electrons. The van der Waals surface area contributed by atoms with Gasteiger partial charge < -0.3 is 20.1 Å². The highest BCUT2D eigenvalue weighted by molar-refractivity contribution is 6.01. The van der Waals surface area contributed by atoms with E-state index in [0.717, 1.165) is 70.6 Å². The van der Waals surface area contributed by atoms with E-state index in [1.54, 1.807) is 18.6 Å². The third-order valence-electron chi connectivity index (χ3n) is 7.44. The van der Waals surface area contributed by atoms with Crippen molar-refractivity contribution >= 4 is 44.9 Å². The fraction of sp³-hybridized carbons (Fsp3) is 0.200. The van der Waals surface area contributed by atoms with Gasteiger partial charge in [-0.25, -0.2) is 9.97 Å². The van der Waals surface area contributed by atoms with Gasteiger partial charge in [-0.15, -0.1) is 5.10 Å². The minimum atomic E-state index is -0.00267. The molecule has 1 fully saturated rings. The summed E-state index contributed by atoms with van der Waals surface area (Å²) >= 11 is 0. The van der Waals surface area contributed by atoms with Gasteiger partial charge in [-0.3, -0.25) is 9.89 Å². The first-order valence-corrected chi connectivity index (χ1v) is 13.5. The van der Waals surface area contributed by atoms with Gasteiger partial charge in [0, 0.05) is 66.3 Å². The van der Waals surface area contributed by atoms with E-state index < -0.39 is 0 Å². The van der Waals surface area contributed by atoms with Crippen LogP contribution in [0.25, 0.3) is 33.2 Å². The van der Waals surface area contributed by atoms with E-state index >= 15 is 0 Å². The summed E-state index contributed by atoms with van der Waals surface area (Å²) in [6, 6.07) is 17.6. The number of nitrogens with zero attached hydrogens (tertiary/aromatic N) is 7. The number of Topliss-reactive ketones (excluding diaryl/α,β-unsaturated/α-hetero) is 1. The molecule has 0 saturated carbocycles. The molecule has 0 spiro atoms. The number of aromatic nitrogens is 7. The minimum absolute atomic E-state index is 0.00267. The van der Waals surface area contributed by atoms with E-state index in [-0.39, 0.29) is 12.2 Å². The molecule has 2 aromatic carbocycles. The normalized spacial score (nSPS) is 14.1. The molecule has 0 amide bonds. The summed E-state index contributed by atoms with van der Waals surface area (Å²) < 4.78 is 0. The first-order valence-electron chi connectivity index (χ1n) is 13.5. The van der Waals surface area contributed by atoms with Crippen molar-refractivity contribution in [2.45, 2.75) is 6.42 Å². The highest BCUT2D eigenvalue weighted by Crippen LogP contribution is 2.26. The Kier molecular flexibility index (Phi) is 6.32. The molecule has 1 aliphatic heterocycles. The number of hydrogen-bond acceptors (Lipinski definition) is 9. The van der Waals surface area contributed by atoms with Crippen LogP contribution in [0, 0.1) is 0 Å². The predicted molar refractivity (Wildman–Crippen MR) is 158 cm³/mol. The number of likely N-dealkylation sites (N-methyl/N-ethyl adjacent to an activating group) is 1. The smallest absolute Gasteiger partial charge is 0.183 e. The van der Waals surface area contributed by atoms with Crippen molar-refractivity contribution in [3.05, 3.63) is 84.4 Å². The zero-order valence-corrected chi connectivity index (χ0v) is 22.5. The Morgan fingerprint density at radius 2 is 1.85 bits per heavy atom. The van der Waals surface area contributed by atoms with Gasteiger partial charge in [0.2, 0.25) is 0 Å². The molecule has 4 aromatic heterocycles. The van der Waals surface area contributed by atoms with Gasteiger partial charge in [0.1, 0.15) is 5.82 Å². The molecular weight excluding hydrogens is 516 g/mol. The largest absolute Gasteiger partial charge is 0.353 e. The Balaban J connectivity index is 1.08. The van der Waals surface area contributed by atoms with Crippen LogP contribution < -0.4 is 10.2 Å². The quantitative estimate of drug-likeness (QED) is 0.253. The maximum Gasteiger partial charge on any atom is 0.183 e. The summed E-state index contributed by atoms with van der Waals surface area (Å²) in [4.78, 5) is 30.2. The van der Waals surface area contributed by atoms with E-state index in [9.17, 15) is 4.79 Å². The van der Waals surface area contributed by atoms with Crippen LogP contribution in [0.1, 0.15) is 16.1 Å². The Labute approximate surface area is 235 Å². The average molecular weight is 545 g/mol. The van der Waals surface area contributed by atoms with Crippen LogP contribution >= 0.6 is 0 Å². The molecule has 11 heteroatoms. The monoisotopic (exact) mass is 544 g/mol. The number of hydrogen-bond donors (Lipinski definition) is 3. The number of anilines is 3. The number of fused-ring (bicyclic) bond motifs is 2. The molecule has 0 atom stereocenters. The highest BCUT2D eigenvalue weighted by Gasteiger charge is 2.18.